The molecule has 0 bridgehead atoms. The van der Waals surface area contributed by atoms with Gasteiger partial charge in [0.15, 0.2) is 12.4 Å². The average molecular weight is 434 g/mol. The van der Waals surface area contributed by atoms with Crippen LogP contribution in [-0.2, 0) is 11.5 Å². The monoisotopic (exact) mass is 433 g/mol. The number of nitrogens with one attached hydrogen (secondary N) is 1. The van der Waals surface area contributed by atoms with E-state index in [2.05, 4.69) is 10.4 Å². The van der Waals surface area contributed by atoms with E-state index in [0.717, 1.165) is 10.4 Å². The van der Waals surface area contributed by atoms with Crippen LogP contribution in [0.2, 0.25) is 5.02 Å². The molecule has 3 rings (SSSR count). The number of para-hydroxylation sites is 1. The van der Waals surface area contributed by atoms with Crippen LogP contribution < -0.4 is 10.1 Å². The van der Waals surface area contributed by atoms with E-state index in [1.807, 2.05) is 26.0 Å². The molecule has 0 spiro atoms. The summed E-state index contributed by atoms with van der Waals surface area (Å²) in [6, 6.07) is 8.67. The van der Waals surface area contributed by atoms with Gasteiger partial charge in [0.1, 0.15) is 10.8 Å². The van der Waals surface area contributed by atoms with Crippen LogP contribution >= 0.6 is 22.9 Å². The second kappa shape index (κ2) is 9.11. The third-order valence-corrected chi connectivity index (χ3v) is 5.59. The summed E-state index contributed by atoms with van der Waals surface area (Å²) in [5.74, 6) is -0.351. The Morgan fingerprint density at radius 1 is 1.24 bits per heavy atom. The quantitative estimate of drug-likeness (QED) is 0.547. The Labute approximate surface area is 177 Å². The van der Waals surface area contributed by atoms with E-state index < -0.39 is 11.9 Å². The molecule has 152 valence electrons. The normalized spacial score (nSPS) is 10.6. The van der Waals surface area contributed by atoms with Crippen LogP contribution in [0.15, 0.2) is 36.5 Å². The molecule has 0 aliphatic carbocycles. The fraction of sp³-hybridized carbons (Fsp3) is 0.250. The number of carbonyl (C=O) groups is 2. The van der Waals surface area contributed by atoms with Gasteiger partial charge in [-0.2, -0.15) is 5.10 Å². The van der Waals surface area contributed by atoms with Crippen molar-refractivity contribution < 1.29 is 19.1 Å². The molecule has 0 fully saturated rings. The zero-order chi connectivity index (χ0) is 21.0. The fourth-order valence-corrected chi connectivity index (χ4v) is 3.82. The molecule has 0 aliphatic heterocycles. The van der Waals surface area contributed by atoms with Crippen molar-refractivity contribution in [2.24, 2.45) is 0 Å². The summed E-state index contributed by atoms with van der Waals surface area (Å²) in [5, 5.41) is 7.92. The number of thiophene rings is 1. The van der Waals surface area contributed by atoms with Gasteiger partial charge >= 0.3 is 5.97 Å². The number of nitrogens with zero attached hydrogens (tertiary/aromatic N) is 2. The van der Waals surface area contributed by atoms with E-state index in [1.165, 1.54) is 16.0 Å². The van der Waals surface area contributed by atoms with E-state index in [9.17, 15) is 9.59 Å². The highest BCUT2D eigenvalue weighted by molar-refractivity contribution is 7.16. The van der Waals surface area contributed by atoms with Gasteiger partial charge in [0.05, 0.1) is 17.2 Å². The number of ether oxygens (including phenoxy) is 2. The van der Waals surface area contributed by atoms with Crippen molar-refractivity contribution in [3.8, 4) is 5.75 Å². The lowest BCUT2D eigenvalue weighted by Gasteiger charge is -2.07. The van der Waals surface area contributed by atoms with Crippen LogP contribution in [0.4, 0.5) is 5.00 Å². The number of carbonyl (C=O) groups excluding carboxylic acids is 2. The molecule has 1 amide bonds. The van der Waals surface area contributed by atoms with Gasteiger partial charge in [-0.05, 0) is 44.5 Å². The molecule has 0 radical (unpaired) electrons. The van der Waals surface area contributed by atoms with Crippen molar-refractivity contribution in [3.05, 3.63) is 63.2 Å². The van der Waals surface area contributed by atoms with Gasteiger partial charge in [0.25, 0.3) is 5.91 Å². The van der Waals surface area contributed by atoms with Crippen LogP contribution in [-0.4, -0.2) is 28.3 Å². The maximum Gasteiger partial charge on any atom is 0.341 e. The SMILES string of the molecule is CCOC(=O)c1c(NC(=O)c2ccn(COc3ccccc3Cl)n2)sc(C)c1C. The maximum atomic E-state index is 12.6. The molecule has 1 N–H and O–H groups in total. The van der Waals surface area contributed by atoms with Crippen LogP contribution in [0.5, 0.6) is 5.75 Å². The summed E-state index contributed by atoms with van der Waals surface area (Å²) in [4.78, 5) is 25.8. The van der Waals surface area contributed by atoms with Crippen molar-refractivity contribution in [2.45, 2.75) is 27.5 Å². The number of rotatable bonds is 7. The molecule has 3 aromatic rings. The lowest BCUT2D eigenvalue weighted by atomic mass is 10.1. The Kier molecular flexibility index (Phi) is 6.56. The molecule has 0 aliphatic rings. The summed E-state index contributed by atoms with van der Waals surface area (Å²) in [6.45, 7) is 5.81. The first kappa shape index (κ1) is 20.9. The molecule has 29 heavy (non-hydrogen) atoms. The average Bonchev–Trinajstić information content (AvgIpc) is 3.26. The molecule has 0 atom stereocenters. The molecular weight excluding hydrogens is 414 g/mol. The van der Waals surface area contributed by atoms with Gasteiger partial charge in [-0.25, -0.2) is 9.48 Å². The van der Waals surface area contributed by atoms with E-state index >= 15 is 0 Å². The Morgan fingerprint density at radius 3 is 2.72 bits per heavy atom. The zero-order valence-corrected chi connectivity index (χ0v) is 17.8. The molecule has 2 heterocycles. The van der Waals surface area contributed by atoms with Crippen molar-refractivity contribution in [1.82, 2.24) is 9.78 Å². The predicted molar refractivity (Wildman–Crippen MR) is 112 cm³/mol. The van der Waals surface area contributed by atoms with Gasteiger partial charge in [-0.3, -0.25) is 4.79 Å². The first-order valence-corrected chi connectivity index (χ1v) is 10.1. The molecule has 0 saturated heterocycles. The largest absolute Gasteiger partial charge is 0.470 e. The minimum atomic E-state index is -0.455. The summed E-state index contributed by atoms with van der Waals surface area (Å²) in [5.41, 5.74) is 1.37. The van der Waals surface area contributed by atoms with Gasteiger partial charge in [-0.1, -0.05) is 23.7 Å². The van der Waals surface area contributed by atoms with Crippen LogP contribution in [0.3, 0.4) is 0 Å². The molecular formula is C20H20ClN3O4S. The molecule has 2 aromatic heterocycles. The van der Waals surface area contributed by atoms with E-state index in [0.29, 0.717) is 21.3 Å². The highest BCUT2D eigenvalue weighted by Gasteiger charge is 2.23. The number of benzene rings is 1. The van der Waals surface area contributed by atoms with Crippen LogP contribution in [0, 0.1) is 13.8 Å². The number of aromatic nitrogens is 2. The molecule has 7 nitrogen and oxygen atoms in total. The van der Waals surface area contributed by atoms with Gasteiger partial charge in [-0.15, -0.1) is 11.3 Å². The van der Waals surface area contributed by atoms with Gasteiger partial charge < -0.3 is 14.8 Å². The Bertz CT molecular complexity index is 1040. The third-order valence-electron chi connectivity index (χ3n) is 4.15. The number of anilines is 1. The second-order valence-corrected chi connectivity index (χ2v) is 7.74. The minimum Gasteiger partial charge on any atom is -0.470 e. The highest BCUT2D eigenvalue weighted by Crippen LogP contribution is 2.33. The first-order valence-electron chi connectivity index (χ1n) is 8.90. The van der Waals surface area contributed by atoms with Crippen molar-refractivity contribution in [2.75, 3.05) is 11.9 Å². The van der Waals surface area contributed by atoms with E-state index in [4.69, 9.17) is 21.1 Å². The van der Waals surface area contributed by atoms with Crippen LogP contribution in [0.1, 0.15) is 38.2 Å². The van der Waals surface area contributed by atoms with Gasteiger partial charge in [0, 0.05) is 11.1 Å². The van der Waals surface area contributed by atoms with Crippen molar-refractivity contribution in [3.63, 3.8) is 0 Å². The molecule has 0 saturated carbocycles. The third kappa shape index (κ3) is 4.78. The van der Waals surface area contributed by atoms with E-state index in [1.54, 1.807) is 31.3 Å². The molecule has 9 heteroatoms. The summed E-state index contributed by atoms with van der Waals surface area (Å²) in [6.07, 6.45) is 1.63. The second-order valence-electron chi connectivity index (χ2n) is 6.11. The number of amides is 1. The Morgan fingerprint density at radius 2 is 2.00 bits per heavy atom. The predicted octanol–water partition coefficient (Wildman–Crippen LogP) is 4.68. The number of halogens is 1. The minimum absolute atomic E-state index is 0.0995. The van der Waals surface area contributed by atoms with Crippen molar-refractivity contribution in [1.29, 1.82) is 0 Å². The molecule has 1 aromatic carbocycles. The first-order chi connectivity index (χ1) is 13.9. The number of esters is 1. The Balaban J connectivity index is 1.70. The lowest BCUT2D eigenvalue weighted by molar-refractivity contribution is 0.0527. The highest BCUT2D eigenvalue weighted by atomic mass is 35.5. The summed E-state index contributed by atoms with van der Waals surface area (Å²) in [7, 11) is 0. The number of hydrogen-bond acceptors (Lipinski definition) is 6. The number of hydrogen-bond donors (Lipinski definition) is 1. The van der Waals surface area contributed by atoms with E-state index in [-0.39, 0.29) is 19.0 Å². The van der Waals surface area contributed by atoms with Gasteiger partial charge in [0.2, 0.25) is 0 Å². The number of aryl methyl sites for hydroxylation is 1. The maximum absolute atomic E-state index is 12.6. The van der Waals surface area contributed by atoms with Crippen molar-refractivity contribution >= 4 is 39.8 Å². The lowest BCUT2D eigenvalue weighted by Crippen LogP contribution is -2.16. The smallest absolute Gasteiger partial charge is 0.341 e. The summed E-state index contributed by atoms with van der Waals surface area (Å²) < 4.78 is 12.2. The topological polar surface area (TPSA) is 82.5 Å². The fourth-order valence-electron chi connectivity index (χ4n) is 2.58. The molecule has 0 unspecified atom stereocenters. The zero-order valence-electron chi connectivity index (χ0n) is 16.2. The Hall–Kier alpha value is -2.84. The van der Waals surface area contributed by atoms with Crippen LogP contribution in [0.25, 0.3) is 0 Å². The standard InChI is InChI=1S/C20H20ClN3O4S/c1-4-27-20(26)17-12(2)13(3)29-19(17)22-18(25)15-9-10-24(23-15)11-28-16-8-6-5-7-14(16)21/h5-10H,4,11H2,1-3H3,(H,22,25). The summed E-state index contributed by atoms with van der Waals surface area (Å²) >= 11 is 7.39.